The molecular formula is C16H18ClFN4O. The highest BCUT2D eigenvalue weighted by atomic mass is 35.5. The van der Waals surface area contributed by atoms with Crippen LogP contribution >= 0.6 is 11.6 Å². The first-order valence-electron chi connectivity index (χ1n) is 7.63. The Labute approximate surface area is 138 Å². The van der Waals surface area contributed by atoms with Gasteiger partial charge in [-0.3, -0.25) is 10.1 Å². The van der Waals surface area contributed by atoms with Crippen LogP contribution in [0.15, 0.2) is 18.2 Å². The molecule has 0 radical (unpaired) electrons. The van der Waals surface area contributed by atoms with Gasteiger partial charge in [0.15, 0.2) is 0 Å². The lowest BCUT2D eigenvalue weighted by atomic mass is 9.90. The van der Waals surface area contributed by atoms with E-state index in [-0.39, 0.29) is 22.8 Å². The maximum atomic E-state index is 13.3. The van der Waals surface area contributed by atoms with Crippen LogP contribution in [0.2, 0.25) is 5.02 Å². The van der Waals surface area contributed by atoms with Gasteiger partial charge in [0.1, 0.15) is 11.6 Å². The molecule has 1 aliphatic rings. The molecule has 2 aromatic rings. The number of hydrogen-bond acceptors (Lipinski definition) is 3. The maximum absolute atomic E-state index is 13.3. The summed E-state index contributed by atoms with van der Waals surface area (Å²) >= 11 is 5.87. The van der Waals surface area contributed by atoms with Crippen molar-refractivity contribution < 1.29 is 9.18 Å². The Morgan fingerprint density at radius 1 is 1.48 bits per heavy atom. The zero-order chi connectivity index (χ0) is 16.6. The molecule has 0 fully saturated rings. The number of aromatic nitrogens is 3. The van der Waals surface area contributed by atoms with E-state index in [1.54, 1.807) is 12.1 Å². The molecule has 0 saturated carbocycles. The number of rotatable bonds is 3. The van der Waals surface area contributed by atoms with Crippen molar-refractivity contribution in [2.75, 3.05) is 5.32 Å². The van der Waals surface area contributed by atoms with Crippen molar-refractivity contribution in [2.45, 2.75) is 39.2 Å². The summed E-state index contributed by atoms with van der Waals surface area (Å²) < 4.78 is 15.1. The Morgan fingerprint density at radius 2 is 2.26 bits per heavy atom. The minimum Gasteiger partial charge on any atom is -0.293 e. The van der Waals surface area contributed by atoms with Gasteiger partial charge in [0.25, 0.3) is 0 Å². The third-order valence-electron chi connectivity index (χ3n) is 4.04. The molecule has 0 spiro atoms. The second-order valence-electron chi connectivity index (χ2n) is 6.08. The van der Waals surface area contributed by atoms with Gasteiger partial charge in [0.2, 0.25) is 11.9 Å². The zero-order valence-electron chi connectivity index (χ0n) is 13.0. The lowest BCUT2D eigenvalue weighted by Crippen LogP contribution is -2.19. The Balaban J connectivity index is 1.76. The summed E-state index contributed by atoms with van der Waals surface area (Å²) in [4.78, 5) is 16.1. The summed E-state index contributed by atoms with van der Waals surface area (Å²) in [7, 11) is 0. The molecule has 5 nitrogen and oxygen atoms in total. The highest BCUT2D eigenvalue weighted by Crippen LogP contribution is 2.31. The Hall–Kier alpha value is -1.95. The molecule has 1 atom stereocenters. The number of carbonyl (C=O) groups excluding carboxylic acids is 1. The average molecular weight is 337 g/mol. The predicted molar refractivity (Wildman–Crippen MR) is 86.0 cm³/mol. The molecule has 2 heterocycles. The van der Waals surface area contributed by atoms with Crippen LogP contribution < -0.4 is 5.32 Å². The highest BCUT2D eigenvalue weighted by Gasteiger charge is 2.24. The van der Waals surface area contributed by atoms with Gasteiger partial charge < -0.3 is 0 Å². The van der Waals surface area contributed by atoms with Crippen molar-refractivity contribution in [1.29, 1.82) is 0 Å². The first-order chi connectivity index (χ1) is 10.9. The maximum Gasteiger partial charge on any atom is 0.248 e. The van der Waals surface area contributed by atoms with E-state index >= 15 is 0 Å². The van der Waals surface area contributed by atoms with E-state index in [1.165, 1.54) is 6.07 Å². The molecule has 0 bridgehead atoms. The van der Waals surface area contributed by atoms with E-state index in [0.29, 0.717) is 18.9 Å². The summed E-state index contributed by atoms with van der Waals surface area (Å²) in [6, 6.07) is 4.83. The largest absolute Gasteiger partial charge is 0.293 e. The first-order valence-corrected chi connectivity index (χ1v) is 8.01. The van der Waals surface area contributed by atoms with Crippen molar-refractivity contribution >= 4 is 23.5 Å². The minimum atomic E-state index is -0.409. The number of carbonyl (C=O) groups is 1. The minimum absolute atomic E-state index is 0.102. The second-order valence-corrected chi connectivity index (χ2v) is 6.49. The smallest absolute Gasteiger partial charge is 0.248 e. The van der Waals surface area contributed by atoms with Crippen LogP contribution in [0.25, 0.3) is 0 Å². The molecule has 1 aromatic carbocycles. The summed E-state index contributed by atoms with van der Waals surface area (Å²) in [6.07, 6.45) is 1.56. The quantitative estimate of drug-likeness (QED) is 0.934. The number of anilines is 1. The molecule has 1 aliphatic heterocycles. The van der Waals surface area contributed by atoms with Crippen LogP contribution in [0.3, 0.4) is 0 Å². The molecule has 3 rings (SSSR count). The molecule has 0 aliphatic carbocycles. The molecular weight excluding hydrogens is 319 g/mol. The number of nitrogens with one attached hydrogen (secondary N) is 1. The number of fused-ring (bicyclic) bond motifs is 1. The van der Waals surface area contributed by atoms with Gasteiger partial charge in [0.05, 0.1) is 5.02 Å². The fourth-order valence-electron chi connectivity index (χ4n) is 2.66. The average Bonchev–Trinajstić information content (AvgIpc) is 2.91. The predicted octanol–water partition coefficient (Wildman–Crippen LogP) is 3.40. The molecule has 1 amide bonds. The molecule has 122 valence electrons. The molecule has 0 saturated heterocycles. The SMILES string of the molecule is CC(C)C(=O)Nc1nc2n(n1)CCC(c1ccc(F)c(Cl)c1)C2. The van der Waals surface area contributed by atoms with E-state index in [1.807, 2.05) is 18.5 Å². The van der Waals surface area contributed by atoms with Crippen molar-refractivity contribution in [1.82, 2.24) is 14.8 Å². The highest BCUT2D eigenvalue weighted by molar-refractivity contribution is 6.30. The molecule has 23 heavy (non-hydrogen) atoms. The van der Waals surface area contributed by atoms with Gasteiger partial charge in [-0.05, 0) is 30.0 Å². The third kappa shape index (κ3) is 3.37. The lowest BCUT2D eigenvalue weighted by Gasteiger charge is -2.22. The normalized spacial score (nSPS) is 17.2. The first kappa shape index (κ1) is 15.9. The van der Waals surface area contributed by atoms with E-state index in [2.05, 4.69) is 15.4 Å². The van der Waals surface area contributed by atoms with Crippen molar-refractivity contribution in [2.24, 2.45) is 5.92 Å². The van der Waals surface area contributed by atoms with Crippen LogP contribution in [-0.2, 0) is 17.8 Å². The van der Waals surface area contributed by atoms with Crippen LogP contribution in [-0.4, -0.2) is 20.7 Å². The monoisotopic (exact) mass is 336 g/mol. The van der Waals surface area contributed by atoms with Gasteiger partial charge in [-0.2, -0.15) is 4.98 Å². The Morgan fingerprint density at radius 3 is 2.96 bits per heavy atom. The number of aryl methyl sites for hydroxylation is 1. The van der Waals surface area contributed by atoms with Crippen molar-refractivity contribution in [3.63, 3.8) is 0 Å². The van der Waals surface area contributed by atoms with Gasteiger partial charge in [-0.15, -0.1) is 5.10 Å². The zero-order valence-corrected chi connectivity index (χ0v) is 13.8. The van der Waals surface area contributed by atoms with Crippen molar-refractivity contribution in [3.05, 3.63) is 40.4 Å². The fourth-order valence-corrected chi connectivity index (χ4v) is 2.85. The fraction of sp³-hybridized carbons (Fsp3) is 0.438. The van der Waals surface area contributed by atoms with E-state index in [0.717, 1.165) is 17.8 Å². The van der Waals surface area contributed by atoms with E-state index in [4.69, 9.17) is 11.6 Å². The topological polar surface area (TPSA) is 59.8 Å². The molecule has 1 unspecified atom stereocenters. The third-order valence-corrected chi connectivity index (χ3v) is 4.33. The second kappa shape index (κ2) is 6.28. The van der Waals surface area contributed by atoms with Gasteiger partial charge in [-0.25, -0.2) is 9.07 Å². The van der Waals surface area contributed by atoms with E-state index < -0.39 is 5.82 Å². The standard InChI is InChI=1S/C16H18ClFN4O/c1-9(2)15(23)20-16-19-14-8-11(5-6-22(14)21-16)10-3-4-13(18)12(17)7-10/h3-4,7,9,11H,5-6,8H2,1-2H3,(H,20,21,23). The summed E-state index contributed by atoms with van der Waals surface area (Å²) in [5, 5.41) is 7.18. The molecule has 7 heteroatoms. The van der Waals surface area contributed by atoms with Gasteiger partial charge >= 0.3 is 0 Å². The Kier molecular flexibility index (Phi) is 4.35. The summed E-state index contributed by atoms with van der Waals surface area (Å²) in [5.74, 6) is 0.753. The molecule has 1 aromatic heterocycles. The van der Waals surface area contributed by atoms with Crippen molar-refractivity contribution in [3.8, 4) is 0 Å². The Bertz CT molecular complexity index is 744. The summed E-state index contributed by atoms with van der Waals surface area (Å²) in [5.41, 5.74) is 0.999. The number of amides is 1. The number of halogens is 2. The van der Waals surface area contributed by atoms with Crippen LogP contribution in [0.5, 0.6) is 0 Å². The van der Waals surface area contributed by atoms with Crippen LogP contribution in [0.1, 0.15) is 37.6 Å². The van der Waals surface area contributed by atoms with E-state index in [9.17, 15) is 9.18 Å². The number of nitrogens with zero attached hydrogens (tertiary/aromatic N) is 3. The molecule has 1 N–H and O–H groups in total. The van der Waals surface area contributed by atoms with Gasteiger partial charge in [-0.1, -0.05) is 31.5 Å². The van der Waals surface area contributed by atoms with Gasteiger partial charge in [0, 0.05) is 18.9 Å². The van der Waals surface area contributed by atoms with Crippen LogP contribution in [0, 0.1) is 11.7 Å². The summed E-state index contributed by atoms with van der Waals surface area (Å²) in [6.45, 7) is 4.35. The lowest BCUT2D eigenvalue weighted by molar-refractivity contribution is -0.118. The number of benzene rings is 1. The van der Waals surface area contributed by atoms with Crippen LogP contribution in [0.4, 0.5) is 10.3 Å². The number of hydrogen-bond donors (Lipinski definition) is 1.